The molecule has 2 saturated heterocycles. The molecule has 0 bridgehead atoms. The second-order valence-corrected chi connectivity index (χ2v) is 5.91. The molecule has 23 heavy (non-hydrogen) atoms. The van der Waals surface area contributed by atoms with Crippen LogP contribution in [0.5, 0.6) is 0 Å². The SMILES string of the molecule is COC(=O)c1ccc(N2CCN(C(=O)[C@H]3CCOC3)CC2)cc1. The minimum Gasteiger partial charge on any atom is -0.465 e. The van der Waals surface area contributed by atoms with Crippen molar-refractivity contribution in [2.45, 2.75) is 6.42 Å². The maximum atomic E-state index is 12.4. The van der Waals surface area contributed by atoms with Gasteiger partial charge in [-0.1, -0.05) is 0 Å². The maximum absolute atomic E-state index is 12.4. The highest BCUT2D eigenvalue weighted by atomic mass is 16.5. The lowest BCUT2D eigenvalue weighted by atomic mass is 10.1. The summed E-state index contributed by atoms with van der Waals surface area (Å²) in [7, 11) is 1.38. The van der Waals surface area contributed by atoms with E-state index >= 15 is 0 Å². The molecule has 1 atom stereocenters. The topological polar surface area (TPSA) is 59.1 Å². The predicted octanol–water partition coefficient (Wildman–Crippen LogP) is 1.16. The summed E-state index contributed by atoms with van der Waals surface area (Å²) in [6, 6.07) is 7.40. The van der Waals surface area contributed by atoms with Crippen molar-refractivity contribution in [3.63, 3.8) is 0 Å². The van der Waals surface area contributed by atoms with Crippen molar-refractivity contribution in [2.24, 2.45) is 5.92 Å². The predicted molar refractivity (Wildman–Crippen MR) is 85.5 cm³/mol. The summed E-state index contributed by atoms with van der Waals surface area (Å²) in [4.78, 5) is 28.0. The zero-order chi connectivity index (χ0) is 16.2. The molecule has 1 aromatic carbocycles. The van der Waals surface area contributed by atoms with E-state index in [0.717, 1.165) is 38.3 Å². The van der Waals surface area contributed by atoms with E-state index in [9.17, 15) is 9.59 Å². The lowest BCUT2D eigenvalue weighted by molar-refractivity contribution is -0.135. The molecule has 3 rings (SSSR count). The number of nitrogens with zero attached hydrogens (tertiary/aromatic N) is 2. The molecule has 2 aliphatic heterocycles. The van der Waals surface area contributed by atoms with Gasteiger partial charge in [0.2, 0.25) is 5.91 Å². The van der Waals surface area contributed by atoms with E-state index < -0.39 is 0 Å². The van der Waals surface area contributed by atoms with Crippen molar-refractivity contribution in [1.29, 1.82) is 0 Å². The highest BCUT2D eigenvalue weighted by Gasteiger charge is 2.30. The van der Waals surface area contributed by atoms with Crippen LogP contribution >= 0.6 is 0 Å². The molecule has 0 unspecified atom stereocenters. The van der Waals surface area contributed by atoms with Gasteiger partial charge in [-0.25, -0.2) is 4.79 Å². The van der Waals surface area contributed by atoms with Crippen LogP contribution in [0.25, 0.3) is 0 Å². The molecule has 2 fully saturated rings. The highest BCUT2D eigenvalue weighted by molar-refractivity contribution is 5.89. The minimum atomic E-state index is -0.328. The van der Waals surface area contributed by atoms with Crippen molar-refractivity contribution in [3.05, 3.63) is 29.8 Å². The molecule has 0 saturated carbocycles. The Kier molecular flexibility index (Phi) is 4.81. The average molecular weight is 318 g/mol. The van der Waals surface area contributed by atoms with Crippen molar-refractivity contribution < 1.29 is 19.1 Å². The lowest BCUT2D eigenvalue weighted by Crippen LogP contribution is -2.50. The number of carbonyl (C=O) groups excluding carboxylic acids is 2. The third-order valence-corrected chi connectivity index (χ3v) is 4.52. The van der Waals surface area contributed by atoms with Crippen LogP contribution in [0.3, 0.4) is 0 Å². The molecule has 0 radical (unpaired) electrons. The van der Waals surface area contributed by atoms with Gasteiger partial charge >= 0.3 is 5.97 Å². The Morgan fingerprint density at radius 3 is 2.39 bits per heavy atom. The van der Waals surface area contributed by atoms with E-state index in [1.807, 2.05) is 17.0 Å². The van der Waals surface area contributed by atoms with Crippen molar-refractivity contribution in [2.75, 3.05) is 51.4 Å². The van der Waals surface area contributed by atoms with Crippen LogP contribution in [0.4, 0.5) is 5.69 Å². The van der Waals surface area contributed by atoms with Crippen LogP contribution in [0.2, 0.25) is 0 Å². The van der Waals surface area contributed by atoms with Crippen LogP contribution in [0, 0.1) is 5.92 Å². The Morgan fingerprint density at radius 1 is 1.13 bits per heavy atom. The molecule has 1 amide bonds. The molecule has 0 N–H and O–H groups in total. The number of piperazine rings is 1. The summed E-state index contributed by atoms with van der Waals surface area (Å²) in [6.45, 7) is 4.33. The second kappa shape index (κ2) is 7.00. The molecule has 0 aliphatic carbocycles. The molecule has 6 nitrogen and oxygen atoms in total. The Bertz CT molecular complexity index is 558. The van der Waals surface area contributed by atoms with Gasteiger partial charge in [0.15, 0.2) is 0 Å². The molecule has 0 aromatic heterocycles. The van der Waals surface area contributed by atoms with Gasteiger partial charge in [0.1, 0.15) is 0 Å². The maximum Gasteiger partial charge on any atom is 0.337 e. The van der Waals surface area contributed by atoms with Crippen LogP contribution < -0.4 is 4.90 Å². The smallest absolute Gasteiger partial charge is 0.337 e. The number of ether oxygens (including phenoxy) is 2. The summed E-state index contributed by atoms with van der Waals surface area (Å²) >= 11 is 0. The zero-order valence-electron chi connectivity index (χ0n) is 13.4. The second-order valence-electron chi connectivity index (χ2n) is 5.91. The number of amides is 1. The van der Waals surface area contributed by atoms with Gasteiger partial charge in [0, 0.05) is 38.5 Å². The first kappa shape index (κ1) is 15.8. The number of hydrogen-bond acceptors (Lipinski definition) is 5. The molecular formula is C17H22N2O4. The van der Waals surface area contributed by atoms with E-state index in [4.69, 9.17) is 9.47 Å². The lowest BCUT2D eigenvalue weighted by Gasteiger charge is -2.37. The normalized spacial score (nSPS) is 21.3. The van der Waals surface area contributed by atoms with Gasteiger partial charge in [-0.3, -0.25) is 4.79 Å². The fourth-order valence-corrected chi connectivity index (χ4v) is 3.10. The molecule has 2 aliphatic rings. The Labute approximate surface area is 136 Å². The van der Waals surface area contributed by atoms with E-state index in [1.165, 1.54) is 7.11 Å². The molecule has 124 valence electrons. The highest BCUT2D eigenvalue weighted by Crippen LogP contribution is 2.20. The summed E-state index contributed by atoms with van der Waals surface area (Å²) in [5, 5.41) is 0. The first-order valence-electron chi connectivity index (χ1n) is 7.99. The summed E-state index contributed by atoms with van der Waals surface area (Å²) in [5.41, 5.74) is 1.61. The van der Waals surface area contributed by atoms with E-state index in [-0.39, 0.29) is 17.8 Å². The summed E-state index contributed by atoms with van der Waals surface area (Å²) < 4.78 is 10.0. The summed E-state index contributed by atoms with van der Waals surface area (Å²) in [5.74, 6) is -0.0603. The first-order valence-corrected chi connectivity index (χ1v) is 7.99. The zero-order valence-corrected chi connectivity index (χ0v) is 13.4. The van der Waals surface area contributed by atoms with Crippen molar-refractivity contribution in [3.8, 4) is 0 Å². The number of hydrogen-bond donors (Lipinski definition) is 0. The van der Waals surface area contributed by atoms with Crippen molar-refractivity contribution >= 4 is 17.6 Å². The number of rotatable bonds is 3. The van der Waals surface area contributed by atoms with Gasteiger partial charge in [0.05, 0.1) is 25.2 Å². The monoisotopic (exact) mass is 318 g/mol. The van der Waals surface area contributed by atoms with Crippen LogP contribution in [0.15, 0.2) is 24.3 Å². The molecule has 6 heteroatoms. The third kappa shape index (κ3) is 3.47. The Balaban J connectivity index is 1.56. The fraction of sp³-hybridized carbons (Fsp3) is 0.529. The summed E-state index contributed by atoms with van der Waals surface area (Å²) in [6.07, 6.45) is 0.841. The molecule has 2 heterocycles. The van der Waals surface area contributed by atoms with Crippen LogP contribution in [-0.2, 0) is 14.3 Å². The van der Waals surface area contributed by atoms with Gasteiger partial charge in [-0.05, 0) is 30.7 Å². The first-order chi connectivity index (χ1) is 11.2. The molecule has 0 spiro atoms. The van der Waals surface area contributed by atoms with Crippen molar-refractivity contribution in [1.82, 2.24) is 4.90 Å². The Morgan fingerprint density at radius 2 is 1.83 bits per heavy atom. The number of carbonyl (C=O) groups is 2. The average Bonchev–Trinajstić information content (AvgIpc) is 3.15. The Hall–Kier alpha value is -2.08. The third-order valence-electron chi connectivity index (χ3n) is 4.52. The number of esters is 1. The van der Waals surface area contributed by atoms with Gasteiger partial charge < -0.3 is 19.3 Å². The minimum absolute atomic E-state index is 0.0425. The van der Waals surface area contributed by atoms with Crippen LogP contribution in [-0.4, -0.2) is 63.3 Å². The quantitative estimate of drug-likeness (QED) is 0.783. The van der Waals surface area contributed by atoms with Crippen LogP contribution in [0.1, 0.15) is 16.8 Å². The molecule has 1 aromatic rings. The standard InChI is InChI=1S/C17H22N2O4/c1-22-17(21)13-2-4-15(5-3-13)18-7-9-19(10-8-18)16(20)14-6-11-23-12-14/h2-5,14H,6-12H2,1H3/t14-/m0/s1. The largest absolute Gasteiger partial charge is 0.465 e. The number of anilines is 1. The van der Waals surface area contributed by atoms with Gasteiger partial charge in [-0.2, -0.15) is 0 Å². The van der Waals surface area contributed by atoms with Gasteiger partial charge in [-0.15, -0.1) is 0 Å². The van der Waals surface area contributed by atoms with E-state index in [1.54, 1.807) is 12.1 Å². The van der Waals surface area contributed by atoms with Gasteiger partial charge in [0.25, 0.3) is 0 Å². The molecular weight excluding hydrogens is 296 g/mol. The number of benzene rings is 1. The fourth-order valence-electron chi connectivity index (χ4n) is 3.10. The number of methoxy groups -OCH3 is 1. The van der Waals surface area contributed by atoms with E-state index in [0.29, 0.717) is 18.8 Å². The van der Waals surface area contributed by atoms with E-state index in [2.05, 4.69) is 4.90 Å².